The van der Waals surface area contributed by atoms with E-state index in [1.165, 1.54) is 24.8 Å². The van der Waals surface area contributed by atoms with Crippen molar-refractivity contribution in [1.29, 1.82) is 0 Å². The highest BCUT2D eigenvalue weighted by molar-refractivity contribution is 6.03. The third kappa shape index (κ3) is 3.27. The molecule has 3 saturated carbocycles. The van der Waals surface area contributed by atoms with E-state index in [1.54, 1.807) is 0 Å². The van der Waals surface area contributed by atoms with E-state index >= 15 is 0 Å². The van der Waals surface area contributed by atoms with Crippen molar-refractivity contribution in [2.75, 3.05) is 0 Å². The van der Waals surface area contributed by atoms with Crippen molar-refractivity contribution < 1.29 is 9.59 Å². The molecule has 6 rings (SSSR count). The second kappa shape index (κ2) is 8.40. The molecule has 1 aromatic rings. The summed E-state index contributed by atoms with van der Waals surface area (Å²) in [6, 6.07) is 9.69. The first-order chi connectivity index (χ1) is 18.2. The van der Waals surface area contributed by atoms with Gasteiger partial charge in [0, 0.05) is 16.9 Å². The average Bonchev–Trinajstić information content (AvgIpc) is 2.90. The van der Waals surface area contributed by atoms with Crippen molar-refractivity contribution in [1.82, 2.24) is 0 Å². The van der Waals surface area contributed by atoms with Gasteiger partial charge in [-0.3, -0.25) is 9.59 Å². The van der Waals surface area contributed by atoms with Crippen LogP contribution in [0.1, 0.15) is 97.3 Å². The molecule has 2 nitrogen and oxygen atoms in total. The van der Waals surface area contributed by atoms with Crippen LogP contribution in [0.3, 0.4) is 0 Å². The smallest absolute Gasteiger partial charge is 0.173 e. The molecular formula is C37H48O2. The Kier molecular flexibility index (Phi) is 5.81. The summed E-state index contributed by atoms with van der Waals surface area (Å²) in [4.78, 5) is 28.8. The number of fused-ring (bicyclic) bond motifs is 7. The van der Waals surface area contributed by atoms with Gasteiger partial charge in [-0.1, -0.05) is 96.2 Å². The Morgan fingerprint density at radius 3 is 2.31 bits per heavy atom. The number of hydrogen-bond acceptors (Lipinski definition) is 2. The summed E-state index contributed by atoms with van der Waals surface area (Å²) in [5.41, 5.74) is 2.11. The maximum atomic E-state index is 14.6. The maximum Gasteiger partial charge on any atom is 0.173 e. The van der Waals surface area contributed by atoms with Crippen molar-refractivity contribution in [3.8, 4) is 0 Å². The minimum Gasteiger partial charge on any atom is -0.294 e. The lowest BCUT2D eigenvalue weighted by Gasteiger charge is -2.69. The third-order valence-corrected chi connectivity index (χ3v) is 13.8. The zero-order chi connectivity index (χ0) is 28.2. The fourth-order valence-electron chi connectivity index (χ4n) is 11.0. The van der Waals surface area contributed by atoms with Gasteiger partial charge in [0.1, 0.15) is 0 Å². The first kappa shape index (κ1) is 27.0. The zero-order valence-electron chi connectivity index (χ0n) is 25.3. The highest BCUT2D eigenvalue weighted by atomic mass is 16.1. The van der Waals surface area contributed by atoms with Crippen LogP contribution in [0.25, 0.3) is 0 Å². The van der Waals surface area contributed by atoms with E-state index in [1.807, 2.05) is 30.3 Å². The minimum atomic E-state index is -0.726. The Morgan fingerprint density at radius 1 is 0.923 bits per heavy atom. The van der Waals surface area contributed by atoms with Crippen molar-refractivity contribution in [3.63, 3.8) is 0 Å². The molecule has 1 aromatic carbocycles. The van der Waals surface area contributed by atoms with Crippen molar-refractivity contribution in [2.45, 2.75) is 87.0 Å². The normalized spacial score (nSPS) is 48.8. The van der Waals surface area contributed by atoms with E-state index in [-0.39, 0.29) is 28.4 Å². The quantitative estimate of drug-likeness (QED) is 0.362. The zero-order valence-corrected chi connectivity index (χ0v) is 25.3. The maximum absolute atomic E-state index is 14.6. The van der Waals surface area contributed by atoms with Gasteiger partial charge in [0.2, 0.25) is 0 Å². The Labute approximate surface area is 236 Å². The van der Waals surface area contributed by atoms with Crippen LogP contribution in [0, 0.1) is 56.7 Å². The number of benzene rings is 1. The molecule has 5 aliphatic carbocycles. The molecule has 0 aromatic heterocycles. The van der Waals surface area contributed by atoms with Gasteiger partial charge in [-0.15, -0.1) is 0 Å². The molecule has 0 bridgehead atoms. The molecule has 0 N–H and O–H groups in total. The minimum absolute atomic E-state index is 0.00279. The number of allylic oxidation sites excluding steroid dienone is 5. The largest absolute Gasteiger partial charge is 0.294 e. The molecular weight excluding hydrogens is 476 g/mol. The lowest BCUT2D eigenvalue weighted by atomic mass is 9.33. The predicted molar refractivity (Wildman–Crippen MR) is 159 cm³/mol. The molecule has 10 atom stereocenters. The molecule has 0 spiro atoms. The third-order valence-electron chi connectivity index (χ3n) is 13.8. The molecule has 39 heavy (non-hydrogen) atoms. The first-order valence-corrected chi connectivity index (χ1v) is 15.5. The summed E-state index contributed by atoms with van der Waals surface area (Å²) in [5, 5.41) is 0. The van der Waals surface area contributed by atoms with Crippen LogP contribution in [-0.2, 0) is 4.79 Å². The first-order valence-electron chi connectivity index (χ1n) is 15.5. The molecule has 0 heterocycles. The standard InChI is InChI=1S/C37H48O2/c1-23-14-17-33(4)20-21-35(6)27(30(33)25(23)3)22-28(38)31-34(5)18-15-24(2)37(8,29(34)16-19-36(31,35)7)32(39)26-12-10-9-11-13-26/h9-13,15,18,22-23,25,29-31H,2,14,16-17,19-21H2,1,3-8H3. The van der Waals surface area contributed by atoms with E-state index in [4.69, 9.17) is 0 Å². The molecule has 0 aliphatic heterocycles. The Balaban J connectivity index is 1.48. The number of ketones is 2. The number of carbonyl (C=O) groups excluding carboxylic acids is 2. The Hall–Kier alpha value is -2.22. The summed E-state index contributed by atoms with van der Waals surface area (Å²) in [6.07, 6.45) is 13.4. The Bertz CT molecular complexity index is 1300. The average molecular weight is 525 g/mol. The van der Waals surface area contributed by atoms with Crippen LogP contribution in [0.15, 0.2) is 66.3 Å². The lowest BCUT2D eigenvalue weighted by molar-refractivity contribution is -0.163. The van der Waals surface area contributed by atoms with E-state index in [2.05, 4.69) is 73.3 Å². The highest BCUT2D eigenvalue weighted by Gasteiger charge is 2.70. The number of Topliss-reactive ketones (excluding diaryl/α,β-unsaturated/α-hetero) is 1. The number of rotatable bonds is 2. The van der Waals surface area contributed by atoms with Gasteiger partial charge >= 0.3 is 0 Å². The second-order valence-corrected chi connectivity index (χ2v) is 15.4. The molecule has 3 fully saturated rings. The summed E-state index contributed by atoms with van der Waals surface area (Å²) < 4.78 is 0. The summed E-state index contributed by atoms with van der Waals surface area (Å²) in [5.74, 6) is 2.12. The molecule has 0 radical (unpaired) electrons. The Morgan fingerprint density at radius 2 is 1.62 bits per heavy atom. The van der Waals surface area contributed by atoms with Crippen molar-refractivity contribution in [3.05, 3.63) is 71.8 Å². The van der Waals surface area contributed by atoms with E-state index < -0.39 is 10.8 Å². The van der Waals surface area contributed by atoms with E-state index in [0.29, 0.717) is 29.0 Å². The van der Waals surface area contributed by atoms with Crippen molar-refractivity contribution >= 4 is 11.6 Å². The topological polar surface area (TPSA) is 34.1 Å². The fourth-order valence-corrected chi connectivity index (χ4v) is 11.0. The summed E-state index contributed by atoms with van der Waals surface area (Å²) in [6.45, 7) is 21.1. The van der Waals surface area contributed by atoms with E-state index in [0.717, 1.165) is 30.4 Å². The molecule has 5 aliphatic rings. The lowest BCUT2D eigenvalue weighted by Crippen LogP contribution is -2.65. The summed E-state index contributed by atoms with van der Waals surface area (Å²) in [7, 11) is 0. The molecule has 208 valence electrons. The van der Waals surface area contributed by atoms with Crippen molar-refractivity contribution in [2.24, 2.45) is 56.7 Å². The van der Waals surface area contributed by atoms with Crippen LogP contribution < -0.4 is 0 Å². The van der Waals surface area contributed by atoms with Crippen LogP contribution in [0.2, 0.25) is 0 Å². The number of hydrogen-bond donors (Lipinski definition) is 0. The van der Waals surface area contributed by atoms with Gasteiger partial charge in [0.05, 0.1) is 5.41 Å². The van der Waals surface area contributed by atoms with Gasteiger partial charge in [0.25, 0.3) is 0 Å². The monoisotopic (exact) mass is 524 g/mol. The van der Waals surface area contributed by atoms with Gasteiger partial charge < -0.3 is 0 Å². The SMILES string of the molecule is C=C1C=CC2(C)C(CCC3(C)C2C(=O)C=C2C4C(C)C(C)CCC4(C)CCC23C)C1(C)C(=O)c1ccccc1. The molecule has 10 unspecified atom stereocenters. The van der Waals surface area contributed by atoms with Gasteiger partial charge in [-0.05, 0) is 97.0 Å². The van der Waals surface area contributed by atoms with Crippen LogP contribution in [-0.4, -0.2) is 11.6 Å². The highest BCUT2D eigenvalue weighted by Crippen LogP contribution is 2.74. The molecule has 2 heteroatoms. The summed E-state index contributed by atoms with van der Waals surface area (Å²) >= 11 is 0. The van der Waals surface area contributed by atoms with Gasteiger partial charge in [-0.25, -0.2) is 0 Å². The molecule has 0 amide bonds. The fraction of sp³-hybridized carbons (Fsp3) is 0.622. The predicted octanol–water partition coefficient (Wildman–Crippen LogP) is 9.04. The van der Waals surface area contributed by atoms with Crippen LogP contribution >= 0.6 is 0 Å². The molecule has 0 saturated heterocycles. The second-order valence-electron chi connectivity index (χ2n) is 15.4. The van der Waals surface area contributed by atoms with Gasteiger partial charge in [0.15, 0.2) is 11.6 Å². The number of carbonyl (C=O) groups is 2. The van der Waals surface area contributed by atoms with Crippen LogP contribution in [0.5, 0.6) is 0 Å². The van der Waals surface area contributed by atoms with E-state index in [9.17, 15) is 9.59 Å². The van der Waals surface area contributed by atoms with Gasteiger partial charge in [-0.2, -0.15) is 0 Å². The van der Waals surface area contributed by atoms with Crippen LogP contribution in [0.4, 0.5) is 0 Å².